The molecule has 2 rings (SSSR count). The number of hydrogen-bond acceptors (Lipinski definition) is 4. The molecular weight excluding hydrogens is 214 g/mol. The molecule has 0 amide bonds. The molecule has 1 heterocycles. The van der Waals surface area contributed by atoms with Crippen LogP contribution in [0, 0.1) is 5.92 Å². The van der Waals surface area contributed by atoms with Crippen molar-refractivity contribution in [2.24, 2.45) is 11.8 Å². The van der Waals surface area contributed by atoms with E-state index in [1.54, 1.807) is 0 Å². The Morgan fingerprint density at radius 1 is 1.47 bits per heavy atom. The van der Waals surface area contributed by atoms with Crippen molar-refractivity contribution in [2.75, 3.05) is 27.2 Å². The maximum Gasteiger partial charge on any atom is 0.0685 e. The predicted molar refractivity (Wildman–Crippen MR) is 69.5 cm³/mol. The molecule has 1 aliphatic heterocycles. The molecule has 2 aliphatic rings. The van der Waals surface area contributed by atoms with Gasteiger partial charge in [0.05, 0.1) is 5.60 Å². The fourth-order valence-electron chi connectivity index (χ4n) is 3.18. The van der Waals surface area contributed by atoms with Gasteiger partial charge in [0.2, 0.25) is 0 Å². The first-order chi connectivity index (χ1) is 8.15. The van der Waals surface area contributed by atoms with E-state index in [0.29, 0.717) is 12.0 Å². The lowest BCUT2D eigenvalue weighted by Gasteiger charge is -2.48. The number of nitrogens with two attached hydrogens (primary N) is 1. The molecule has 1 saturated carbocycles. The van der Waals surface area contributed by atoms with Crippen LogP contribution in [0.25, 0.3) is 0 Å². The third kappa shape index (κ3) is 3.19. The Labute approximate surface area is 105 Å². The van der Waals surface area contributed by atoms with E-state index < -0.39 is 0 Å². The Morgan fingerprint density at radius 3 is 2.76 bits per heavy atom. The van der Waals surface area contributed by atoms with Gasteiger partial charge in [0.15, 0.2) is 0 Å². The molecule has 2 unspecified atom stereocenters. The summed E-state index contributed by atoms with van der Waals surface area (Å²) in [5.41, 5.74) is 3.26. The van der Waals surface area contributed by atoms with Gasteiger partial charge >= 0.3 is 0 Å². The summed E-state index contributed by atoms with van der Waals surface area (Å²) in [5.74, 6) is 6.42. The highest BCUT2D eigenvalue weighted by atomic mass is 16.5. The average Bonchev–Trinajstić information content (AvgIpc) is 2.28. The van der Waals surface area contributed by atoms with Gasteiger partial charge in [-0.25, -0.2) is 0 Å². The zero-order valence-corrected chi connectivity index (χ0v) is 11.2. The molecule has 2 atom stereocenters. The summed E-state index contributed by atoms with van der Waals surface area (Å²) in [6.07, 6.45) is 7.34. The molecule has 0 radical (unpaired) electrons. The fraction of sp³-hybridized carbons (Fsp3) is 1.00. The largest absolute Gasteiger partial charge is 0.375 e. The van der Waals surface area contributed by atoms with E-state index in [2.05, 4.69) is 24.4 Å². The van der Waals surface area contributed by atoms with E-state index in [0.717, 1.165) is 26.0 Å². The van der Waals surface area contributed by atoms with Gasteiger partial charge in [-0.2, -0.15) is 0 Å². The molecule has 2 fully saturated rings. The number of hydrogen-bond donors (Lipinski definition) is 2. The van der Waals surface area contributed by atoms with Gasteiger partial charge in [-0.05, 0) is 65.1 Å². The molecule has 1 aliphatic carbocycles. The zero-order valence-electron chi connectivity index (χ0n) is 11.2. The zero-order chi connectivity index (χ0) is 12.3. The summed E-state index contributed by atoms with van der Waals surface area (Å²) in [6, 6.07) is 0.443. The summed E-state index contributed by atoms with van der Waals surface area (Å²) in [4.78, 5) is 2.22. The first kappa shape index (κ1) is 13.3. The molecule has 3 N–H and O–H groups in total. The van der Waals surface area contributed by atoms with Gasteiger partial charge in [0, 0.05) is 12.6 Å². The number of nitrogens with one attached hydrogen (secondary N) is 1. The number of hydrazine groups is 1. The standard InChI is InChI=1S/C13H27N3O/c1-16(2)8-4-12(15-14)11-5-9-17-13(10-11)6-3-7-13/h11-12,15H,3-10,14H2,1-2H3. The van der Waals surface area contributed by atoms with Crippen molar-refractivity contribution in [3.05, 3.63) is 0 Å². The van der Waals surface area contributed by atoms with Gasteiger partial charge in [-0.1, -0.05) is 0 Å². The molecule has 0 aromatic rings. The smallest absolute Gasteiger partial charge is 0.0685 e. The SMILES string of the molecule is CN(C)CCC(NN)C1CCOC2(CCC2)C1. The number of ether oxygens (including phenoxy) is 1. The molecular formula is C13H27N3O. The monoisotopic (exact) mass is 241 g/mol. The lowest BCUT2D eigenvalue weighted by atomic mass is 9.70. The molecule has 100 valence electrons. The summed E-state index contributed by atoms with van der Waals surface area (Å²) in [6.45, 7) is 2.02. The maximum atomic E-state index is 5.97. The van der Waals surface area contributed by atoms with Gasteiger partial charge in [0.25, 0.3) is 0 Å². The van der Waals surface area contributed by atoms with E-state index in [1.807, 2.05) is 0 Å². The Morgan fingerprint density at radius 2 is 2.24 bits per heavy atom. The summed E-state index contributed by atoms with van der Waals surface area (Å²) >= 11 is 0. The molecule has 17 heavy (non-hydrogen) atoms. The van der Waals surface area contributed by atoms with Crippen molar-refractivity contribution in [3.63, 3.8) is 0 Å². The van der Waals surface area contributed by atoms with Crippen LogP contribution in [0.4, 0.5) is 0 Å². The number of rotatable bonds is 5. The van der Waals surface area contributed by atoms with Crippen LogP contribution in [-0.4, -0.2) is 43.8 Å². The van der Waals surface area contributed by atoms with Crippen molar-refractivity contribution in [1.29, 1.82) is 0 Å². The third-order valence-corrected chi connectivity index (χ3v) is 4.47. The predicted octanol–water partition coefficient (Wildman–Crippen LogP) is 1.12. The van der Waals surface area contributed by atoms with Crippen LogP contribution in [0.15, 0.2) is 0 Å². The van der Waals surface area contributed by atoms with E-state index in [4.69, 9.17) is 10.6 Å². The summed E-state index contributed by atoms with van der Waals surface area (Å²) in [5, 5.41) is 0. The first-order valence-electron chi connectivity index (χ1n) is 6.90. The van der Waals surface area contributed by atoms with Crippen LogP contribution in [0.1, 0.15) is 38.5 Å². The Balaban J connectivity index is 1.85. The van der Waals surface area contributed by atoms with Crippen LogP contribution in [0.3, 0.4) is 0 Å². The van der Waals surface area contributed by atoms with E-state index in [-0.39, 0.29) is 5.60 Å². The minimum absolute atomic E-state index is 0.232. The second-order valence-electron chi connectivity index (χ2n) is 6.00. The van der Waals surface area contributed by atoms with Crippen LogP contribution >= 0.6 is 0 Å². The van der Waals surface area contributed by atoms with E-state index >= 15 is 0 Å². The highest BCUT2D eigenvalue weighted by molar-refractivity contribution is 4.96. The van der Waals surface area contributed by atoms with Gasteiger partial charge < -0.3 is 9.64 Å². The van der Waals surface area contributed by atoms with E-state index in [1.165, 1.54) is 25.7 Å². The maximum absolute atomic E-state index is 5.97. The van der Waals surface area contributed by atoms with Crippen molar-refractivity contribution in [2.45, 2.75) is 50.2 Å². The Bertz CT molecular complexity index is 241. The van der Waals surface area contributed by atoms with Crippen molar-refractivity contribution >= 4 is 0 Å². The molecule has 1 saturated heterocycles. The van der Waals surface area contributed by atoms with Crippen LogP contribution < -0.4 is 11.3 Å². The van der Waals surface area contributed by atoms with Crippen LogP contribution in [-0.2, 0) is 4.74 Å². The second-order valence-corrected chi connectivity index (χ2v) is 6.00. The average molecular weight is 241 g/mol. The van der Waals surface area contributed by atoms with Crippen LogP contribution in [0.2, 0.25) is 0 Å². The third-order valence-electron chi connectivity index (χ3n) is 4.47. The normalized spacial score (nSPS) is 29.3. The quantitative estimate of drug-likeness (QED) is 0.559. The fourth-order valence-corrected chi connectivity index (χ4v) is 3.18. The highest BCUT2D eigenvalue weighted by Crippen LogP contribution is 2.45. The highest BCUT2D eigenvalue weighted by Gasteiger charge is 2.44. The molecule has 0 bridgehead atoms. The Kier molecular flexibility index (Phi) is 4.42. The molecule has 4 heteroatoms. The molecule has 1 spiro atoms. The van der Waals surface area contributed by atoms with Gasteiger partial charge in [-0.3, -0.25) is 11.3 Å². The lowest BCUT2D eigenvalue weighted by molar-refractivity contribution is -0.147. The number of nitrogens with zero attached hydrogens (tertiary/aromatic N) is 1. The minimum Gasteiger partial charge on any atom is -0.375 e. The first-order valence-corrected chi connectivity index (χ1v) is 6.90. The van der Waals surface area contributed by atoms with Crippen molar-refractivity contribution in [1.82, 2.24) is 10.3 Å². The summed E-state index contributed by atoms with van der Waals surface area (Å²) in [7, 11) is 4.23. The van der Waals surface area contributed by atoms with Gasteiger partial charge in [0.1, 0.15) is 0 Å². The van der Waals surface area contributed by atoms with Gasteiger partial charge in [-0.15, -0.1) is 0 Å². The van der Waals surface area contributed by atoms with Crippen LogP contribution in [0.5, 0.6) is 0 Å². The summed E-state index contributed by atoms with van der Waals surface area (Å²) < 4.78 is 5.97. The Hall–Kier alpha value is -0.160. The topological polar surface area (TPSA) is 50.5 Å². The second kappa shape index (κ2) is 5.65. The molecule has 4 nitrogen and oxygen atoms in total. The van der Waals surface area contributed by atoms with Crippen molar-refractivity contribution in [3.8, 4) is 0 Å². The van der Waals surface area contributed by atoms with E-state index in [9.17, 15) is 0 Å². The minimum atomic E-state index is 0.232. The molecule has 0 aromatic carbocycles. The lowest BCUT2D eigenvalue weighted by Crippen LogP contribution is -2.52. The molecule has 0 aromatic heterocycles. The van der Waals surface area contributed by atoms with Crippen molar-refractivity contribution < 1.29 is 4.74 Å².